The summed E-state index contributed by atoms with van der Waals surface area (Å²) in [6, 6.07) is 14.6. The molecule has 1 aromatic heterocycles. The van der Waals surface area contributed by atoms with Crippen molar-refractivity contribution in [2.24, 2.45) is 11.6 Å². The summed E-state index contributed by atoms with van der Waals surface area (Å²) in [6.07, 6.45) is 5.40. The minimum Gasteiger partial charge on any atom is -0.497 e. The number of benzene rings is 3. The molecule has 20 heteroatoms. The van der Waals surface area contributed by atoms with Crippen molar-refractivity contribution in [3.8, 4) is 22.9 Å². The van der Waals surface area contributed by atoms with E-state index in [0.717, 1.165) is 5.56 Å². The van der Waals surface area contributed by atoms with Crippen LogP contribution in [0.2, 0.25) is 0 Å². The van der Waals surface area contributed by atoms with Crippen LogP contribution in [0.4, 0.5) is 11.4 Å². The van der Waals surface area contributed by atoms with E-state index in [9.17, 15) is 28.8 Å². The van der Waals surface area contributed by atoms with E-state index in [4.69, 9.17) is 25.8 Å². The third kappa shape index (κ3) is 14.8. The maximum absolute atomic E-state index is 13.6. The van der Waals surface area contributed by atoms with Crippen LogP contribution in [0.1, 0.15) is 102 Å². The van der Waals surface area contributed by atoms with Gasteiger partial charge in [-0.1, -0.05) is 38.1 Å². The Balaban J connectivity index is 1.23. The number of hydrazine groups is 1. The van der Waals surface area contributed by atoms with Gasteiger partial charge in [0.05, 0.1) is 38.6 Å². The van der Waals surface area contributed by atoms with Crippen LogP contribution < -0.4 is 47.1 Å². The lowest BCUT2D eigenvalue weighted by Crippen LogP contribution is -2.47. The molecule has 0 bridgehead atoms. The lowest BCUT2D eigenvalue weighted by Gasteiger charge is -2.27. The predicted molar refractivity (Wildman–Crippen MR) is 258 cm³/mol. The van der Waals surface area contributed by atoms with Gasteiger partial charge in [0.2, 0.25) is 11.8 Å². The van der Waals surface area contributed by atoms with E-state index >= 15 is 0 Å². The number of nitrogens with one attached hydrogen (secondary N) is 4. The van der Waals surface area contributed by atoms with E-state index in [1.807, 2.05) is 12.1 Å². The number of nitrogens with two attached hydrogens (primary N) is 2. The molecular formula is C48H65N11O9. The van der Waals surface area contributed by atoms with Gasteiger partial charge < -0.3 is 55.9 Å². The molecule has 0 aliphatic carbocycles. The Kier molecular flexibility index (Phi) is 19.9. The Morgan fingerprint density at radius 3 is 2.41 bits per heavy atom. The second-order valence-electron chi connectivity index (χ2n) is 16.9. The van der Waals surface area contributed by atoms with Crippen molar-refractivity contribution in [1.82, 2.24) is 35.5 Å². The quantitative estimate of drug-likeness (QED) is 0.0222. The Morgan fingerprint density at radius 1 is 0.971 bits per heavy atom. The first-order valence-electron chi connectivity index (χ1n) is 22.2. The average molecular weight is 940 g/mol. The van der Waals surface area contributed by atoms with Gasteiger partial charge in [0, 0.05) is 74.6 Å². The lowest BCUT2D eigenvalue weighted by atomic mass is 9.86. The van der Waals surface area contributed by atoms with Gasteiger partial charge in [-0.25, -0.2) is 10.5 Å². The van der Waals surface area contributed by atoms with Crippen LogP contribution in [0.5, 0.6) is 17.2 Å². The Bertz CT molecular complexity index is 2430. The molecule has 0 aliphatic rings. The number of ether oxygens (including phenoxy) is 3. The van der Waals surface area contributed by atoms with E-state index < -0.39 is 23.8 Å². The molecule has 0 saturated heterocycles. The van der Waals surface area contributed by atoms with Gasteiger partial charge in [0.1, 0.15) is 35.3 Å². The van der Waals surface area contributed by atoms with E-state index in [0.29, 0.717) is 98.0 Å². The predicted octanol–water partition coefficient (Wildman–Crippen LogP) is 4.26. The first kappa shape index (κ1) is 53.1. The standard InChI is InChI=1S/C48H65N11O9/c1-31-44(55-56-59(31)40-27-36(66-7)18-19-41(40)67-8)46(64)54-35-24-33(48(2,3)4)25-37(26-35)68-23-13-15-34(49)29-58(50)21-10-9-20-52-42(62)28-53-38-16-11-14-32(30-61)43(38)47(65)57(6)39(17-12-22-60)45(63)51-5/h11,14,16,18-19,22,24-27,29-30,39,53H,9-10,12-13,15,17,20-21,23,28,49-50H2,1-8H3,(H,51,63)(H,52,62)(H,54,64)/b34-29-. The molecule has 8 N–H and O–H groups in total. The summed E-state index contributed by atoms with van der Waals surface area (Å²) in [5.41, 5.74) is 9.66. The number of nitrogens with zero attached hydrogens (tertiary/aromatic N) is 5. The molecule has 0 saturated carbocycles. The van der Waals surface area contributed by atoms with Crippen molar-refractivity contribution < 1.29 is 43.0 Å². The zero-order valence-electron chi connectivity index (χ0n) is 40.1. The number of unbranched alkanes of at least 4 members (excludes halogenated alkanes) is 1. The highest BCUT2D eigenvalue weighted by Crippen LogP contribution is 2.32. The summed E-state index contributed by atoms with van der Waals surface area (Å²) < 4.78 is 18.6. The van der Waals surface area contributed by atoms with Crippen LogP contribution in [0, 0.1) is 6.92 Å². The summed E-state index contributed by atoms with van der Waals surface area (Å²) in [4.78, 5) is 76.5. The number of amides is 4. The molecule has 0 fully saturated rings. The van der Waals surface area contributed by atoms with Gasteiger partial charge in [-0.05, 0) is 80.3 Å². The third-order valence-electron chi connectivity index (χ3n) is 10.9. The molecule has 4 rings (SSSR count). The molecule has 0 radical (unpaired) electrons. The molecule has 3 aromatic carbocycles. The van der Waals surface area contributed by atoms with E-state index in [-0.39, 0.29) is 53.2 Å². The number of carbonyl (C=O) groups excluding carboxylic acids is 6. The fourth-order valence-electron chi connectivity index (χ4n) is 7.07. The van der Waals surface area contributed by atoms with E-state index in [1.54, 1.807) is 63.7 Å². The van der Waals surface area contributed by atoms with Crippen molar-refractivity contribution in [2.75, 3.05) is 65.2 Å². The molecule has 366 valence electrons. The van der Waals surface area contributed by atoms with Crippen molar-refractivity contribution in [3.63, 3.8) is 0 Å². The molecule has 1 atom stereocenters. The minimum atomic E-state index is -0.946. The second-order valence-corrected chi connectivity index (χ2v) is 16.9. The number of aldehydes is 2. The molecule has 20 nitrogen and oxygen atoms in total. The molecule has 1 heterocycles. The van der Waals surface area contributed by atoms with Gasteiger partial charge in [-0.15, -0.1) is 5.10 Å². The Hall–Kier alpha value is -7.48. The third-order valence-corrected chi connectivity index (χ3v) is 10.9. The highest BCUT2D eigenvalue weighted by atomic mass is 16.5. The smallest absolute Gasteiger partial charge is 0.278 e. The highest BCUT2D eigenvalue weighted by molar-refractivity contribution is 6.07. The molecule has 0 spiro atoms. The van der Waals surface area contributed by atoms with Gasteiger partial charge in [0.25, 0.3) is 11.8 Å². The van der Waals surface area contributed by atoms with Crippen molar-refractivity contribution in [1.29, 1.82) is 0 Å². The second kappa shape index (κ2) is 25.4. The number of carbonyl (C=O) groups is 6. The van der Waals surface area contributed by atoms with Crippen LogP contribution in [-0.4, -0.2) is 122 Å². The topological polar surface area (TPSA) is 267 Å². The number of likely N-dealkylation sites (N-methyl/N-ethyl adjacent to an activating group) is 2. The molecule has 68 heavy (non-hydrogen) atoms. The van der Waals surface area contributed by atoms with Crippen LogP contribution in [-0.2, 0) is 19.8 Å². The monoisotopic (exact) mass is 939 g/mol. The molecule has 1 unspecified atom stereocenters. The Labute approximate surface area is 397 Å². The summed E-state index contributed by atoms with van der Waals surface area (Å²) >= 11 is 0. The van der Waals surface area contributed by atoms with Crippen LogP contribution in [0.15, 0.2) is 66.5 Å². The number of methoxy groups -OCH3 is 2. The maximum atomic E-state index is 13.6. The summed E-state index contributed by atoms with van der Waals surface area (Å²) in [7, 11) is 5.96. The van der Waals surface area contributed by atoms with Gasteiger partial charge in [-0.3, -0.25) is 24.0 Å². The summed E-state index contributed by atoms with van der Waals surface area (Å²) in [5, 5.41) is 21.1. The van der Waals surface area contributed by atoms with Gasteiger partial charge in [0.15, 0.2) is 12.0 Å². The fraction of sp³-hybridized carbons (Fsp3) is 0.417. The number of aromatic nitrogens is 3. The average Bonchev–Trinajstić information content (AvgIpc) is 3.71. The zero-order valence-corrected chi connectivity index (χ0v) is 40.1. The lowest BCUT2D eigenvalue weighted by molar-refractivity contribution is -0.125. The number of hydrogen-bond acceptors (Lipinski definition) is 15. The van der Waals surface area contributed by atoms with Crippen LogP contribution in [0.3, 0.4) is 0 Å². The number of allylic oxidation sites excluding steroid dienone is 1. The largest absolute Gasteiger partial charge is 0.497 e. The Morgan fingerprint density at radius 2 is 1.74 bits per heavy atom. The first-order chi connectivity index (χ1) is 32.4. The molecule has 0 aliphatic heterocycles. The van der Waals surface area contributed by atoms with Crippen LogP contribution >= 0.6 is 0 Å². The van der Waals surface area contributed by atoms with Gasteiger partial charge >= 0.3 is 0 Å². The fourth-order valence-corrected chi connectivity index (χ4v) is 7.07. The SMILES string of the molecule is CNC(=O)C(CCC=O)N(C)C(=O)c1c(C=O)cccc1NCC(=O)NCCCCN(N)/C=C(\N)CCCOc1cc(NC(=O)c2nnn(-c3cc(OC)ccc3OC)c2C)cc(C(C)(C)C)c1. The van der Waals surface area contributed by atoms with Crippen LogP contribution in [0.25, 0.3) is 5.69 Å². The molecule has 4 aromatic rings. The minimum absolute atomic E-state index is 0.00602. The number of rotatable bonds is 26. The van der Waals surface area contributed by atoms with Crippen molar-refractivity contribution >= 4 is 47.6 Å². The van der Waals surface area contributed by atoms with Crippen molar-refractivity contribution in [3.05, 3.63) is 94.6 Å². The van der Waals surface area contributed by atoms with E-state index in [1.165, 1.54) is 34.8 Å². The normalized spacial score (nSPS) is 11.8. The number of hydrogen-bond donors (Lipinski definition) is 6. The zero-order chi connectivity index (χ0) is 50.0. The highest BCUT2D eigenvalue weighted by Gasteiger charge is 2.30. The summed E-state index contributed by atoms with van der Waals surface area (Å²) in [5.74, 6) is 6.06. The first-order valence-corrected chi connectivity index (χ1v) is 22.2. The van der Waals surface area contributed by atoms with Gasteiger partial charge in [-0.2, -0.15) is 0 Å². The van der Waals surface area contributed by atoms with E-state index in [2.05, 4.69) is 52.4 Å². The maximum Gasteiger partial charge on any atom is 0.278 e. The number of anilines is 2. The molecular weight excluding hydrogens is 875 g/mol. The van der Waals surface area contributed by atoms with Crippen molar-refractivity contribution in [2.45, 2.75) is 77.7 Å². The summed E-state index contributed by atoms with van der Waals surface area (Å²) in [6.45, 7) is 8.97. The molecule has 4 amide bonds.